The molecule has 0 atom stereocenters. The summed E-state index contributed by atoms with van der Waals surface area (Å²) in [5.74, 6) is 4.21. The van der Waals surface area contributed by atoms with Crippen molar-refractivity contribution >= 4 is 90.0 Å². The largest absolute Gasteiger partial charge is 0.337 e. The molecule has 0 N–H and O–H groups in total. The predicted octanol–water partition coefficient (Wildman–Crippen LogP) is 17.3. The van der Waals surface area contributed by atoms with E-state index in [1.807, 2.05) is 226 Å². The van der Waals surface area contributed by atoms with E-state index in [-0.39, 0.29) is 0 Å². The van der Waals surface area contributed by atoms with Gasteiger partial charge in [-0.1, -0.05) is 212 Å². The van der Waals surface area contributed by atoms with E-state index < -0.39 is 0 Å². The van der Waals surface area contributed by atoms with Crippen LogP contribution in [0, 0.1) is 0 Å². The maximum atomic E-state index is 4.76. The van der Waals surface area contributed by atoms with E-state index in [2.05, 4.69) is 127 Å². The molecule has 5 aromatic heterocycles. The minimum absolute atomic E-state index is 0.708. The molecule has 3 aliphatic heterocycles. The third-order valence-electron chi connectivity index (χ3n) is 15.7. The molecule has 0 saturated heterocycles. The minimum Gasteiger partial charge on any atom is -0.337 e. The van der Waals surface area contributed by atoms with Gasteiger partial charge >= 0.3 is 0 Å². The number of hydrogen-bond acceptors (Lipinski definition) is 12. The summed E-state index contributed by atoms with van der Waals surface area (Å²) in [5.41, 5.74) is 16.0. The number of aliphatic imine (C=N–C) groups is 3. The average Bonchev–Trinajstić information content (AvgIpc) is 2.92. The smallest absolute Gasteiger partial charge is 0.152 e. The molecule has 13 aromatic rings. The summed E-state index contributed by atoms with van der Waals surface area (Å²) in [4.78, 5) is 54.9. The second kappa shape index (κ2) is 29.6. The van der Waals surface area contributed by atoms with E-state index in [1.54, 1.807) is 0 Å². The molecule has 0 unspecified atom stereocenters. The highest BCUT2D eigenvalue weighted by Gasteiger charge is 2.14. The lowest BCUT2D eigenvalue weighted by atomic mass is 10.1. The summed E-state index contributed by atoms with van der Waals surface area (Å²) >= 11 is 0. The predicted molar refractivity (Wildman–Crippen MR) is 380 cm³/mol. The number of benzene rings is 8. The highest BCUT2D eigenvalue weighted by molar-refractivity contribution is 6.06. The SMILES string of the molecule is C(=Cc1ncc2ccccc2n1)C1=NC(c2ccccc2)=CC1.C1=C(c2ccccc2)N=C(/C=C/c2ncc3ccccc3n2)C1.C1=C(c2ccccc2)N=C(CCc2ncc3ccccc3n2)C1.Cn1cc(-c2ccccc2)nc1CCc1ncc2ccccc2n1. The Hall–Kier alpha value is -12.0. The molecule has 3 aliphatic rings. The number of imidazole rings is 1. The Morgan fingerprint density at radius 3 is 1.15 bits per heavy atom. The van der Waals surface area contributed by atoms with Crippen LogP contribution >= 0.6 is 0 Å². The van der Waals surface area contributed by atoms with Gasteiger partial charge in [-0.05, 0) is 71.7 Å². The molecule has 0 aliphatic carbocycles. The van der Waals surface area contributed by atoms with Gasteiger partial charge in [-0.3, -0.25) is 15.0 Å². The van der Waals surface area contributed by atoms with Crippen LogP contribution in [-0.4, -0.2) is 66.6 Å². The number of allylic oxidation sites excluding steroid dienone is 5. The van der Waals surface area contributed by atoms with Gasteiger partial charge in [0.1, 0.15) is 17.5 Å². The van der Waals surface area contributed by atoms with Gasteiger partial charge in [-0.15, -0.1) is 0 Å². The van der Waals surface area contributed by atoms with Crippen molar-refractivity contribution in [1.29, 1.82) is 0 Å². The van der Waals surface area contributed by atoms with Gasteiger partial charge in [-0.25, -0.2) is 44.9 Å². The van der Waals surface area contributed by atoms with Crippen molar-refractivity contribution in [3.8, 4) is 11.3 Å². The zero-order chi connectivity index (χ0) is 62.8. The fourth-order valence-electron chi connectivity index (χ4n) is 10.8. The standard InChI is InChI=1S/C20H18N4.C20H17N3.2C20H15N3/c1-24-14-18(15-7-3-2-4-8-15)23-20(24)12-11-19-21-13-16-9-5-6-10-17(16)22-19;3*1-2-6-15(7-3-1)19-12-10-17(22-19)11-13-20-21-14-16-8-4-5-9-18(16)23-20/h2-10,13-14H,11-12H2,1H3;1-9,12,14H,10-11,13H2;2*1-9,11-14H,10H2/b;;13-11+;. The van der Waals surface area contributed by atoms with E-state index in [1.165, 1.54) is 11.3 Å². The van der Waals surface area contributed by atoms with E-state index in [9.17, 15) is 0 Å². The molecule has 16 rings (SSSR count). The number of rotatable bonds is 14. The molecule has 0 amide bonds. The third kappa shape index (κ3) is 15.9. The number of aryl methyl sites for hydroxylation is 4. The number of aromatic nitrogens is 10. The fourth-order valence-corrected chi connectivity index (χ4v) is 10.8. The summed E-state index contributed by atoms with van der Waals surface area (Å²) in [5, 5.41) is 4.26. The second-order valence-electron chi connectivity index (χ2n) is 22.3. The van der Waals surface area contributed by atoms with Crippen LogP contribution in [0.5, 0.6) is 0 Å². The molecule has 13 nitrogen and oxygen atoms in total. The molecule has 8 heterocycles. The van der Waals surface area contributed by atoms with E-state index >= 15 is 0 Å². The van der Waals surface area contributed by atoms with Crippen molar-refractivity contribution < 1.29 is 0 Å². The first kappa shape index (κ1) is 60.0. The van der Waals surface area contributed by atoms with Crippen molar-refractivity contribution in [2.45, 2.75) is 44.9 Å². The fraction of sp³-hybridized carbons (Fsp3) is 0.100. The molecule has 0 saturated carbocycles. The molecule has 13 heteroatoms. The lowest BCUT2D eigenvalue weighted by molar-refractivity contribution is 0.750. The Morgan fingerprint density at radius 1 is 0.333 bits per heavy atom. The highest BCUT2D eigenvalue weighted by atomic mass is 15.0. The number of para-hydroxylation sites is 4. The molecular formula is C80H65N13. The summed E-state index contributed by atoms with van der Waals surface area (Å²) in [6.45, 7) is 0. The lowest BCUT2D eigenvalue weighted by Gasteiger charge is -2.02. The normalized spacial score (nSPS) is 13.3. The minimum atomic E-state index is 0.708. The first-order valence-electron chi connectivity index (χ1n) is 31.2. The topological polar surface area (TPSA) is 158 Å². The molecule has 8 aromatic carbocycles. The Balaban J connectivity index is 0.000000113. The quantitative estimate of drug-likeness (QED) is 0.103. The van der Waals surface area contributed by atoms with E-state index in [4.69, 9.17) is 9.98 Å². The third-order valence-corrected chi connectivity index (χ3v) is 15.7. The monoisotopic (exact) mass is 1210 g/mol. The van der Waals surface area contributed by atoms with Gasteiger partial charge in [0, 0.05) is 121 Å². The molecule has 93 heavy (non-hydrogen) atoms. The van der Waals surface area contributed by atoms with E-state index in [0.717, 1.165) is 157 Å². The average molecular weight is 1210 g/mol. The molecular weight excluding hydrogens is 1140 g/mol. The van der Waals surface area contributed by atoms with Crippen LogP contribution in [0.2, 0.25) is 0 Å². The Kier molecular flexibility index (Phi) is 19.1. The van der Waals surface area contributed by atoms with Gasteiger partial charge in [0.25, 0.3) is 0 Å². The van der Waals surface area contributed by atoms with Crippen LogP contribution in [0.3, 0.4) is 0 Å². The Labute approximate surface area is 540 Å². The zero-order valence-electron chi connectivity index (χ0n) is 51.5. The summed E-state index contributed by atoms with van der Waals surface area (Å²) in [6.07, 6.45) is 29.9. The van der Waals surface area contributed by atoms with Crippen LogP contribution in [0.25, 0.3) is 84.1 Å². The first-order valence-corrected chi connectivity index (χ1v) is 31.2. The van der Waals surface area contributed by atoms with Gasteiger partial charge in [-0.2, -0.15) is 0 Å². The summed E-state index contributed by atoms with van der Waals surface area (Å²) < 4.78 is 2.09. The Morgan fingerprint density at radius 2 is 0.699 bits per heavy atom. The molecule has 0 radical (unpaired) electrons. The van der Waals surface area contributed by atoms with Crippen LogP contribution in [-0.2, 0) is 26.3 Å². The van der Waals surface area contributed by atoms with Crippen LogP contribution in [0.1, 0.15) is 71.5 Å². The second-order valence-corrected chi connectivity index (χ2v) is 22.3. The number of hydrogen-bond donors (Lipinski definition) is 0. The molecule has 0 fully saturated rings. The van der Waals surface area contributed by atoms with Crippen molar-refractivity contribution in [3.05, 3.63) is 326 Å². The van der Waals surface area contributed by atoms with Crippen LogP contribution in [0.4, 0.5) is 0 Å². The van der Waals surface area contributed by atoms with Crippen molar-refractivity contribution in [3.63, 3.8) is 0 Å². The van der Waals surface area contributed by atoms with Gasteiger partial charge in [0.15, 0.2) is 11.6 Å². The molecule has 0 bridgehead atoms. The van der Waals surface area contributed by atoms with Crippen molar-refractivity contribution in [1.82, 2.24) is 49.4 Å². The van der Waals surface area contributed by atoms with Crippen LogP contribution in [0.15, 0.2) is 295 Å². The molecule has 0 spiro atoms. The maximum Gasteiger partial charge on any atom is 0.152 e. The number of fused-ring (bicyclic) bond motifs is 4. The van der Waals surface area contributed by atoms with Crippen molar-refractivity contribution in [2.75, 3.05) is 0 Å². The Bertz CT molecular complexity index is 4850. The van der Waals surface area contributed by atoms with Gasteiger partial charge in [0.05, 0.1) is 44.9 Å². The summed E-state index contributed by atoms with van der Waals surface area (Å²) in [7, 11) is 2.04. The highest BCUT2D eigenvalue weighted by Crippen LogP contribution is 2.27. The van der Waals surface area contributed by atoms with Crippen molar-refractivity contribution in [2.24, 2.45) is 22.0 Å². The van der Waals surface area contributed by atoms with Gasteiger partial charge < -0.3 is 4.57 Å². The lowest BCUT2D eigenvalue weighted by Crippen LogP contribution is -2.03. The number of nitrogens with zero attached hydrogens (tertiary/aromatic N) is 13. The summed E-state index contributed by atoms with van der Waals surface area (Å²) in [6, 6.07) is 73.2. The zero-order valence-corrected chi connectivity index (χ0v) is 51.5. The van der Waals surface area contributed by atoms with E-state index in [0.29, 0.717) is 11.6 Å². The maximum absolute atomic E-state index is 4.76. The first-order chi connectivity index (χ1) is 45.9. The van der Waals surface area contributed by atoms with Gasteiger partial charge in [0.2, 0.25) is 0 Å². The molecule has 450 valence electrons. The van der Waals surface area contributed by atoms with Crippen LogP contribution < -0.4 is 0 Å².